The number of hydrogen-bond donors (Lipinski definition) is 1. The van der Waals surface area contributed by atoms with E-state index in [4.69, 9.17) is 0 Å². The van der Waals surface area contributed by atoms with Crippen LogP contribution in [0.25, 0.3) is 0 Å². The molecule has 16 heavy (non-hydrogen) atoms. The zero-order chi connectivity index (χ0) is 11.8. The summed E-state index contributed by atoms with van der Waals surface area (Å²) in [6.45, 7) is 1.06. The number of guanidine groups is 1. The third-order valence-electron chi connectivity index (χ3n) is 3.43. The van der Waals surface area contributed by atoms with Crippen molar-refractivity contribution in [2.45, 2.75) is 44.9 Å². The summed E-state index contributed by atoms with van der Waals surface area (Å²) in [6, 6.07) is 0. The quantitative estimate of drug-likeness (QED) is 0.452. The normalized spacial score (nSPS) is 18.6. The molecule has 0 spiro atoms. The van der Waals surface area contributed by atoms with E-state index in [1.54, 1.807) is 0 Å². The Labute approximate surface area is 100 Å². The van der Waals surface area contributed by atoms with E-state index < -0.39 is 0 Å². The monoisotopic (exact) mass is 225 g/mol. The molecule has 0 heterocycles. The Balaban J connectivity index is 2.06. The van der Waals surface area contributed by atoms with E-state index >= 15 is 0 Å². The molecule has 1 fully saturated rings. The van der Waals surface area contributed by atoms with E-state index in [0.717, 1.165) is 18.4 Å². The van der Waals surface area contributed by atoms with Gasteiger partial charge in [0, 0.05) is 27.7 Å². The van der Waals surface area contributed by atoms with Gasteiger partial charge in [-0.2, -0.15) is 0 Å². The molecule has 0 aromatic carbocycles. The Hall–Kier alpha value is -0.730. The first-order valence-corrected chi connectivity index (χ1v) is 6.62. The summed E-state index contributed by atoms with van der Waals surface area (Å²) in [7, 11) is 5.89. The maximum Gasteiger partial charge on any atom is 0.193 e. The molecule has 94 valence electrons. The second kappa shape index (κ2) is 7.53. The second-order valence-corrected chi connectivity index (χ2v) is 5.01. The lowest BCUT2D eigenvalue weighted by molar-refractivity contribution is 0.332. The average Bonchev–Trinajstić information content (AvgIpc) is 2.30. The minimum Gasteiger partial charge on any atom is -0.356 e. The molecule has 0 aromatic rings. The lowest BCUT2D eigenvalue weighted by atomic mass is 9.86. The summed E-state index contributed by atoms with van der Waals surface area (Å²) in [5, 5.41) is 3.38. The van der Waals surface area contributed by atoms with E-state index in [1.165, 1.54) is 44.9 Å². The summed E-state index contributed by atoms with van der Waals surface area (Å²) in [4.78, 5) is 6.23. The predicted molar refractivity (Wildman–Crippen MR) is 70.9 cm³/mol. The van der Waals surface area contributed by atoms with Gasteiger partial charge in [-0.25, -0.2) is 0 Å². The third-order valence-corrected chi connectivity index (χ3v) is 3.43. The minimum absolute atomic E-state index is 0.989. The van der Waals surface area contributed by atoms with Gasteiger partial charge in [-0.3, -0.25) is 4.99 Å². The van der Waals surface area contributed by atoms with Gasteiger partial charge in [-0.15, -0.1) is 0 Å². The lowest BCUT2D eigenvalue weighted by Gasteiger charge is -2.22. The van der Waals surface area contributed by atoms with Crippen LogP contribution in [-0.4, -0.2) is 38.5 Å². The van der Waals surface area contributed by atoms with Crippen molar-refractivity contribution in [3.05, 3.63) is 0 Å². The van der Waals surface area contributed by atoms with Crippen molar-refractivity contribution < 1.29 is 0 Å². The van der Waals surface area contributed by atoms with Gasteiger partial charge in [0.2, 0.25) is 0 Å². The molecule has 1 N–H and O–H groups in total. The lowest BCUT2D eigenvalue weighted by Crippen LogP contribution is -2.36. The summed E-state index contributed by atoms with van der Waals surface area (Å²) in [5.41, 5.74) is 0. The fourth-order valence-corrected chi connectivity index (χ4v) is 2.50. The first-order valence-electron chi connectivity index (χ1n) is 6.62. The zero-order valence-corrected chi connectivity index (χ0v) is 11.1. The standard InChI is InChI=1S/C13H27N3/c1-14-13(16(2)3)15-11-7-10-12-8-5-4-6-9-12/h12H,4-11H2,1-3H3,(H,14,15). The van der Waals surface area contributed by atoms with Crippen LogP contribution in [0.2, 0.25) is 0 Å². The molecule has 0 radical (unpaired) electrons. The SMILES string of the molecule is CN=C(NCCCC1CCCCC1)N(C)C. The van der Waals surface area contributed by atoms with Crippen molar-refractivity contribution in [2.24, 2.45) is 10.9 Å². The summed E-state index contributed by atoms with van der Waals surface area (Å²) < 4.78 is 0. The molecular formula is C13H27N3. The highest BCUT2D eigenvalue weighted by Crippen LogP contribution is 2.26. The van der Waals surface area contributed by atoms with Gasteiger partial charge < -0.3 is 10.2 Å². The molecule has 0 saturated heterocycles. The molecule has 0 amide bonds. The van der Waals surface area contributed by atoms with Gasteiger partial charge in [0.25, 0.3) is 0 Å². The highest BCUT2D eigenvalue weighted by atomic mass is 15.3. The molecule has 0 bridgehead atoms. The Morgan fingerprint density at radius 1 is 1.25 bits per heavy atom. The van der Waals surface area contributed by atoms with Gasteiger partial charge >= 0.3 is 0 Å². The van der Waals surface area contributed by atoms with E-state index in [-0.39, 0.29) is 0 Å². The maximum absolute atomic E-state index is 4.20. The van der Waals surface area contributed by atoms with E-state index in [9.17, 15) is 0 Å². The molecule has 0 atom stereocenters. The van der Waals surface area contributed by atoms with Crippen LogP contribution in [0.15, 0.2) is 4.99 Å². The molecule has 3 heteroatoms. The fraction of sp³-hybridized carbons (Fsp3) is 0.923. The molecule has 1 saturated carbocycles. The molecule has 1 aliphatic rings. The average molecular weight is 225 g/mol. The first-order chi connectivity index (χ1) is 7.74. The van der Waals surface area contributed by atoms with Crippen LogP contribution in [0.3, 0.4) is 0 Å². The number of rotatable bonds is 4. The smallest absolute Gasteiger partial charge is 0.193 e. The van der Waals surface area contributed by atoms with Crippen LogP contribution in [-0.2, 0) is 0 Å². The van der Waals surface area contributed by atoms with Crippen LogP contribution in [0.5, 0.6) is 0 Å². The number of hydrogen-bond acceptors (Lipinski definition) is 1. The van der Waals surface area contributed by atoms with Gasteiger partial charge in [-0.05, 0) is 18.8 Å². The van der Waals surface area contributed by atoms with Crippen molar-refractivity contribution in [2.75, 3.05) is 27.7 Å². The van der Waals surface area contributed by atoms with E-state index in [0.29, 0.717) is 0 Å². The van der Waals surface area contributed by atoms with Gasteiger partial charge in [0.05, 0.1) is 0 Å². The summed E-state index contributed by atoms with van der Waals surface area (Å²) in [5.74, 6) is 1.99. The van der Waals surface area contributed by atoms with Crippen molar-refractivity contribution in [3.8, 4) is 0 Å². The summed E-state index contributed by atoms with van der Waals surface area (Å²) in [6.07, 6.45) is 9.96. The van der Waals surface area contributed by atoms with Crippen LogP contribution in [0.1, 0.15) is 44.9 Å². The van der Waals surface area contributed by atoms with E-state index in [2.05, 4.69) is 10.3 Å². The number of nitrogens with one attached hydrogen (secondary N) is 1. The topological polar surface area (TPSA) is 27.6 Å². The molecular weight excluding hydrogens is 198 g/mol. The maximum atomic E-state index is 4.20. The van der Waals surface area contributed by atoms with Crippen LogP contribution in [0.4, 0.5) is 0 Å². The van der Waals surface area contributed by atoms with Crippen molar-refractivity contribution in [1.29, 1.82) is 0 Å². The van der Waals surface area contributed by atoms with Gasteiger partial charge in [0.1, 0.15) is 0 Å². The van der Waals surface area contributed by atoms with Gasteiger partial charge in [0.15, 0.2) is 5.96 Å². The van der Waals surface area contributed by atoms with Crippen molar-refractivity contribution in [3.63, 3.8) is 0 Å². The van der Waals surface area contributed by atoms with E-state index in [1.807, 2.05) is 26.0 Å². The highest BCUT2D eigenvalue weighted by Gasteiger charge is 2.12. The molecule has 0 aliphatic heterocycles. The molecule has 0 unspecified atom stereocenters. The Bertz CT molecular complexity index is 205. The molecule has 1 rings (SSSR count). The minimum atomic E-state index is 0.989. The fourth-order valence-electron chi connectivity index (χ4n) is 2.50. The predicted octanol–water partition coefficient (Wildman–Crippen LogP) is 2.48. The van der Waals surface area contributed by atoms with Gasteiger partial charge in [-0.1, -0.05) is 32.1 Å². The molecule has 0 aromatic heterocycles. The zero-order valence-electron chi connectivity index (χ0n) is 11.1. The van der Waals surface area contributed by atoms with Crippen molar-refractivity contribution >= 4 is 5.96 Å². The largest absolute Gasteiger partial charge is 0.356 e. The van der Waals surface area contributed by atoms with Crippen molar-refractivity contribution in [1.82, 2.24) is 10.2 Å². The Morgan fingerprint density at radius 2 is 1.94 bits per heavy atom. The highest BCUT2D eigenvalue weighted by molar-refractivity contribution is 5.79. The van der Waals surface area contributed by atoms with Crippen LogP contribution < -0.4 is 5.32 Å². The first kappa shape index (κ1) is 13.3. The Morgan fingerprint density at radius 3 is 2.50 bits per heavy atom. The summed E-state index contributed by atoms with van der Waals surface area (Å²) >= 11 is 0. The van der Waals surface area contributed by atoms with Crippen LogP contribution in [0, 0.1) is 5.92 Å². The Kier molecular flexibility index (Phi) is 6.27. The third kappa shape index (κ3) is 4.86. The molecule has 3 nitrogen and oxygen atoms in total. The molecule has 1 aliphatic carbocycles. The number of nitrogens with zero attached hydrogens (tertiary/aromatic N) is 2. The number of aliphatic imine (C=N–C) groups is 1. The van der Waals surface area contributed by atoms with Crippen LogP contribution >= 0.6 is 0 Å². The second-order valence-electron chi connectivity index (χ2n) is 5.01.